The molecule has 0 rings (SSSR count). The number of hydrogen-bond donors (Lipinski definition) is 0. The minimum atomic E-state index is 0.891. The number of nitrogens with zero attached hydrogens (tertiary/aromatic N) is 2. The van der Waals surface area contributed by atoms with Gasteiger partial charge in [0.05, 0.1) is 5.84 Å². The Hall–Kier alpha value is -0.530. The molecule has 0 aromatic rings. The smallest absolute Gasteiger partial charge is 0.0957 e. The van der Waals surface area contributed by atoms with E-state index in [0.717, 1.165) is 25.5 Å². The fourth-order valence-electron chi connectivity index (χ4n) is 1.01. The van der Waals surface area contributed by atoms with Crippen molar-refractivity contribution in [2.45, 2.75) is 27.7 Å². The molecule has 0 aromatic heterocycles. The second-order valence-electron chi connectivity index (χ2n) is 2.19. The number of rotatable bonds is 3. The van der Waals surface area contributed by atoms with Crippen molar-refractivity contribution in [3.63, 3.8) is 0 Å². The lowest BCUT2D eigenvalue weighted by atomic mass is 10.4. The maximum atomic E-state index is 4.31. The first-order valence-corrected chi connectivity index (χ1v) is 4.02. The Morgan fingerprint density at radius 2 is 1.70 bits per heavy atom. The van der Waals surface area contributed by atoms with Gasteiger partial charge < -0.3 is 4.90 Å². The Bertz CT molecular complexity index is 104. The van der Waals surface area contributed by atoms with Crippen LogP contribution in [0.2, 0.25) is 0 Å². The summed E-state index contributed by atoms with van der Waals surface area (Å²) in [5.41, 5.74) is 0. The van der Waals surface area contributed by atoms with Crippen LogP contribution in [-0.2, 0) is 0 Å². The highest BCUT2D eigenvalue weighted by Crippen LogP contribution is 1.90. The van der Waals surface area contributed by atoms with Gasteiger partial charge in [0, 0.05) is 19.6 Å². The van der Waals surface area contributed by atoms with Gasteiger partial charge in [0.1, 0.15) is 0 Å². The minimum Gasteiger partial charge on any atom is -0.361 e. The molecule has 0 saturated carbocycles. The Morgan fingerprint density at radius 1 is 1.20 bits per heavy atom. The van der Waals surface area contributed by atoms with E-state index in [2.05, 4.69) is 37.6 Å². The molecule has 0 bridgehead atoms. The molecule has 0 spiro atoms. The van der Waals surface area contributed by atoms with Gasteiger partial charge in [-0.25, -0.2) is 0 Å². The zero-order valence-corrected chi connectivity index (χ0v) is 7.52. The minimum absolute atomic E-state index is 0.891. The highest BCUT2D eigenvalue weighted by molar-refractivity contribution is 5.79. The molecule has 0 fully saturated rings. The molecule has 10 heavy (non-hydrogen) atoms. The van der Waals surface area contributed by atoms with Crippen molar-refractivity contribution < 1.29 is 0 Å². The third-order valence-corrected chi connectivity index (χ3v) is 1.61. The van der Waals surface area contributed by atoms with E-state index < -0.39 is 0 Å². The van der Waals surface area contributed by atoms with E-state index in [1.165, 1.54) is 0 Å². The Kier molecular flexibility index (Phi) is 4.99. The maximum Gasteiger partial charge on any atom is 0.0957 e. The number of aliphatic imine (C=N–C) groups is 1. The molecule has 0 saturated heterocycles. The molecule has 0 aliphatic heterocycles. The molecule has 0 aliphatic carbocycles. The third kappa shape index (κ3) is 2.85. The second-order valence-corrected chi connectivity index (χ2v) is 2.19. The third-order valence-electron chi connectivity index (χ3n) is 1.61. The SMILES string of the molecule is CCN=C(C)N(CC)CC. The van der Waals surface area contributed by atoms with Crippen LogP contribution in [0.3, 0.4) is 0 Å². The quantitative estimate of drug-likeness (QED) is 0.433. The predicted octanol–water partition coefficient (Wildman–Crippen LogP) is 1.77. The molecular formula is C8H18N2. The largest absolute Gasteiger partial charge is 0.361 e. The topological polar surface area (TPSA) is 15.6 Å². The average Bonchev–Trinajstić information content (AvgIpc) is 1.91. The highest BCUT2D eigenvalue weighted by atomic mass is 15.2. The summed E-state index contributed by atoms with van der Waals surface area (Å²) >= 11 is 0. The van der Waals surface area contributed by atoms with E-state index in [1.807, 2.05) is 0 Å². The number of hydrogen-bond acceptors (Lipinski definition) is 1. The van der Waals surface area contributed by atoms with Gasteiger partial charge in [-0.15, -0.1) is 0 Å². The molecule has 0 heterocycles. The summed E-state index contributed by atoms with van der Waals surface area (Å²) in [6.07, 6.45) is 0. The van der Waals surface area contributed by atoms with Gasteiger partial charge in [0.2, 0.25) is 0 Å². The molecule has 0 aliphatic rings. The lowest BCUT2D eigenvalue weighted by Crippen LogP contribution is -2.28. The van der Waals surface area contributed by atoms with Crippen molar-refractivity contribution in [2.24, 2.45) is 4.99 Å². The molecule has 60 valence electrons. The molecule has 0 unspecified atom stereocenters. The van der Waals surface area contributed by atoms with Crippen molar-refractivity contribution in [1.82, 2.24) is 4.90 Å². The summed E-state index contributed by atoms with van der Waals surface area (Å²) in [6, 6.07) is 0. The first-order chi connectivity index (χ1) is 4.76. The monoisotopic (exact) mass is 142 g/mol. The van der Waals surface area contributed by atoms with E-state index in [4.69, 9.17) is 0 Å². The first kappa shape index (κ1) is 9.47. The predicted molar refractivity (Wildman–Crippen MR) is 46.6 cm³/mol. The van der Waals surface area contributed by atoms with Gasteiger partial charge in [0.15, 0.2) is 0 Å². The van der Waals surface area contributed by atoms with Crippen LogP contribution >= 0.6 is 0 Å². The Labute approximate surface area is 63.9 Å². The van der Waals surface area contributed by atoms with E-state index in [0.29, 0.717) is 0 Å². The molecule has 0 atom stereocenters. The summed E-state index contributed by atoms with van der Waals surface area (Å²) in [5, 5.41) is 0. The molecule has 0 aromatic carbocycles. The highest BCUT2D eigenvalue weighted by Gasteiger charge is 1.97. The molecule has 0 amide bonds. The fraction of sp³-hybridized carbons (Fsp3) is 0.875. The van der Waals surface area contributed by atoms with Gasteiger partial charge in [-0.3, -0.25) is 4.99 Å². The maximum absolute atomic E-state index is 4.31. The van der Waals surface area contributed by atoms with Crippen molar-refractivity contribution in [1.29, 1.82) is 0 Å². The van der Waals surface area contributed by atoms with E-state index in [1.54, 1.807) is 0 Å². The van der Waals surface area contributed by atoms with Crippen LogP contribution < -0.4 is 0 Å². The van der Waals surface area contributed by atoms with E-state index >= 15 is 0 Å². The number of amidine groups is 1. The summed E-state index contributed by atoms with van der Waals surface area (Å²) in [7, 11) is 0. The molecule has 2 heteroatoms. The van der Waals surface area contributed by atoms with Crippen LogP contribution in [0.25, 0.3) is 0 Å². The second kappa shape index (κ2) is 5.27. The van der Waals surface area contributed by atoms with Crippen LogP contribution in [0.15, 0.2) is 4.99 Å². The van der Waals surface area contributed by atoms with Crippen LogP contribution in [0, 0.1) is 0 Å². The van der Waals surface area contributed by atoms with Gasteiger partial charge in [-0.1, -0.05) is 0 Å². The fourth-order valence-corrected chi connectivity index (χ4v) is 1.01. The van der Waals surface area contributed by atoms with Gasteiger partial charge in [0.25, 0.3) is 0 Å². The van der Waals surface area contributed by atoms with Gasteiger partial charge in [-0.05, 0) is 27.7 Å². The zero-order chi connectivity index (χ0) is 7.98. The first-order valence-electron chi connectivity index (χ1n) is 4.02. The Morgan fingerprint density at radius 3 is 2.00 bits per heavy atom. The molecule has 0 radical (unpaired) electrons. The van der Waals surface area contributed by atoms with Crippen molar-refractivity contribution in [2.75, 3.05) is 19.6 Å². The van der Waals surface area contributed by atoms with Crippen molar-refractivity contribution in [3.8, 4) is 0 Å². The summed E-state index contributed by atoms with van der Waals surface area (Å²) < 4.78 is 0. The van der Waals surface area contributed by atoms with Crippen molar-refractivity contribution in [3.05, 3.63) is 0 Å². The van der Waals surface area contributed by atoms with Gasteiger partial charge in [-0.2, -0.15) is 0 Å². The van der Waals surface area contributed by atoms with E-state index in [9.17, 15) is 0 Å². The summed E-state index contributed by atoms with van der Waals surface area (Å²) in [6.45, 7) is 11.4. The van der Waals surface area contributed by atoms with Crippen LogP contribution in [0.4, 0.5) is 0 Å². The average molecular weight is 142 g/mol. The lowest BCUT2D eigenvalue weighted by molar-refractivity contribution is 0.461. The molecule has 2 nitrogen and oxygen atoms in total. The van der Waals surface area contributed by atoms with Crippen molar-refractivity contribution >= 4 is 5.84 Å². The molecule has 0 N–H and O–H groups in total. The van der Waals surface area contributed by atoms with Crippen LogP contribution in [-0.4, -0.2) is 30.4 Å². The van der Waals surface area contributed by atoms with Crippen LogP contribution in [0.5, 0.6) is 0 Å². The standard InChI is InChI=1S/C8H18N2/c1-5-9-8(4)10(6-2)7-3/h5-7H2,1-4H3. The normalized spacial score (nSPS) is 11.8. The van der Waals surface area contributed by atoms with Crippen LogP contribution in [0.1, 0.15) is 27.7 Å². The molecular weight excluding hydrogens is 124 g/mol. The summed E-state index contributed by atoms with van der Waals surface area (Å²) in [5.74, 6) is 1.16. The summed E-state index contributed by atoms with van der Waals surface area (Å²) in [4.78, 5) is 6.56. The van der Waals surface area contributed by atoms with E-state index in [-0.39, 0.29) is 0 Å². The van der Waals surface area contributed by atoms with Gasteiger partial charge >= 0.3 is 0 Å². The zero-order valence-electron chi connectivity index (χ0n) is 7.52. The Balaban J connectivity index is 3.87. The lowest BCUT2D eigenvalue weighted by Gasteiger charge is -2.19.